The molecule has 3 aliphatic rings. The molecule has 0 aromatic heterocycles. The van der Waals surface area contributed by atoms with E-state index >= 15 is 0 Å². The van der Waals surface area contributed by atoms with Gasteiger partial charge in [-0.05, 0) is 43.2 Å². The van der Waals surface area contributed by atoms with Crippen molar-refractivity contribution in [1.29, 1.82) is 0 Å². The van der Waals surface area contributed by atoms with E-state index in [0.29, 0.717) is 51.8 Å². The molecule has 180 valence electrons. The second kappa shape index (κ2) is 10.7. The van der Waals surface area contributed by atoms with Gasteiger partial charge in [0.25, 0.3) is 0 Å². The van der Waals surface area contributed by atoms with Crippen LogP contribution in [0.5, 0.6) is 0 Å². The summed E-state index contributed by atoms with van der Waals surface area (Å²) in [5.41, 5.74) is 2.66. The van der Waals surface area contributed by atoms with E-state index in [1.807, 2.05) is 54.6 Å². The standard InChI is InChI=1S/C28H24N4O2S2/c1-3-9-19-25(33)17-11-5-7-13-21(17)29-27(19)35-23-15-16-24(32-31-23)36-28-20(10-4-2)26(34)18-12-6-8-14-22(18)30-28/h3-8,11-15,19-20,24H,1-2,9-10,16H2/t19-,20-,24+/m0/s1. The Hall–Kier alpha value is -3.36. The summed E-state index contributed by atoms with van der Waals surface area (Å²) in [6.07, 6.45) is 7.20. The molecule has 0 amide bonds. The first-order valence-corrected chi connectivity index (χ1v) is 13.4. The van der Waals surface area contributed by atoms with Gasteiger partial charge in [-0.3, -0.25) is 9.59 Å². The van der Waals surface area contributed by atoms with Crippen molar-refractivity contribution >= 4 is 56.6 Å². The molecule has 3 heterocycles. The topological polar surface area (TPSA) is 83.6 Å². The Morgan fingerprint density at radius 3 is 1.94 bits per heavy atom. The lowest BCUT2D eigenvalue weighted by Crippen LogP contribution is -2.26. The molecule has 0 aliphatic carbocycles. The highest BCUT2D eigenvalue weighted by molar-refractivity contribution is 8.17. The van der Waals surface area contributed by atoms with Gasteiger partial charge in [-0.25, -0.2) is 9.98 Å². The van der Waals surface area contributed by atoms with Gasteiger partial charge in [-0.1, -0.05) is 59.9 Å². The fourth-order valence-corrected chi connectivity index (χ4v) is 6.35. The van der Waals surface area contributed by atoms with E-state index in [-0.39, 0.29) is 28.8 Å². The molecule has 0 saturated heterocycles. The Morgan fingerprint density at radius 2 is 1.39 bits per heavy atom. The number of carbonyl (C=O) groups is 2. The molecule has 0 fully saturated rings. The van der Waals surface area contributed by atoms with Crippen molar-refractivity contribution in [3.8, 4) is 0 Å². The highest BCUT2D eigenvalue weighted by Crippen LogP contribution is 2.40. The Bertz CT molecular complexity index is 1380. The molecule has 0 spiro atoms. The van der Waals surface area contributed by atoms with Crippen LogP contribution in [0.1, 0.15) is 40.0 Å². The molecule has 3 aliphatic heterocycles. The summed E-state index contributed by atoms with van der Waals surface area (Å²) < 4.78 is 0. The number of benzene rings is 2. The molecule has 6 nitrogen and oxygen atoms in total. The van der Waals surface area contributed by atoms with Gasteiger partial charge < -0.3 is 0 Å². The van der Waals surface area contributed by atoms with E-state index in [4.69, 9.17) is 9.98 Å². The second-order valence-corrected chi connectivity index (χ2v) is 10.7. The van der Waals surface area contributed by atoms with Gasteiger partial charge >= 0.3 is 0 Å². The highest BCUT2D eigenvalue weighted by Gasteiger charge is 2.34. The number of allylic oxidation sites excluding steroid dienone is 2. The number of fused-ring (bicyclic) bond motifs is 2. The monoisotopic (exact) mass is 512 g/mol. The van der Waals surface area contributed by atoms with Crippen molar-refractivity contribution in [1.82, 2.24) is 0 Å². The van der Waals surface area contributed by atoms with Crippen LogP contribution >= 0.6 is 23.5 Å². The van der Waals surface area contributed by atoms with Gasteiger partial charge in [0.2, 0.25) is 0 Å². The molecule has 36 heavy (non-hydrogen) atoms. The minimum atomic E-state index is -0.368. The van der Waals surface area contributed by atoms with Crippen molar-refractivity contribution < 1.29 is 9.59 Å². The van der Waals surface area contributed by atoms with E-state index in [2.05, 4.69) is 23.4 Å². The lowest BCUT2D eigenvalue weighted by Gasteiger charge is -2.25. The summed E-state index contributed by atoms with van der Waals surface area (Å²) in [5.74, 6) is -0.595. The fourth-order valence-electron chi connectivity index (χ4n) is 4.29. The smallest absolute Gasteiger partial charge is 0.174 e. The zero-order valence-electron chi connectivity index (χ0n) is 19.5. The summed E-state index contributed by atoms with van der Waals surface area (Å²) in [6, 6.07) is 14.8. The van der Waals surface area contributed by atoms with Crippen LogP contribution in [0, 0.1) is 11.8 Å². The lowest BCUT2D eigenvalue weighted by molar-refractivity contribution is 0.0947. The average molecular weight is 513 g/mol. The van der Waals surface area contributed by atoms with E-state index in [1.54, 1.807) is 12.2 Å². The largest absolute Gasteiger partial charge is 0.293 e. The number of Topliss-reactive ketones (excluding diaryl/α,β-unsaturated/α-hetero) is 2. The number of azo groups is 1. The van der Waals surface area contributed by atoms with Gasteiger partial charge in [0, 0.05) is 17.5 Å². The van der Waals surface area contributed by atoms with Crippen molar-refractivity contribution in [3.63, 3.8) is 0 Å². The average Bonchev–Trinajstić information content (AvgIpc) is 2.90. The Kier molecular flexibility index (Phi) is 7.25. The van der Waals surface area contributed by atoms with E-state index in [0.717, 1.165) is 5.04 Å². The van der Waals surface area contributed by atoms with Gasteiger partial charge in [0.1, 0.15) is 10.4 Å². The zero-order chi connectivity index (χ0) is 25.1. The third kappa shape index (κ3) is 4.83. The number of rotatable bonds is 6. The van der Waals surface area contributed by atoms with Gasteiger partial charge in [0.05, 0.1) is 33.3 Å². The van der Waals surface area contributed by atoms with Crippen LogP contribution in [-0.4, -0.2) is 27.0 Å². The Labute approximate surface area is 218 Å². The minimum absolute atomic E-state index is 0.0540. The van der Waals surface area contributed by atoms with Crippen LogP contribution in [-0.2, 0) is 0 Å². The lowest BCUT2D eigenvalue weighted by atomic mass is 9.92. The molecule has 8 heteroatoms. The third-order valence-corrected chi connectivity index (χ3v) is 8.30. The first-order valence-electron chi connectivity index (χ1n) is 11.7. The molecule has 3 atom stereocenters. The number of nitrogens with zero attached hydrogens (tertiary/aromatic N) is 4. The SMILES string of the molecule is C=CC[C@H]1C(=O)c2ccccc2N=C1SC1=CC[C@@H](SC2=Nc3ccccc3C(=O)[C@@H]2CC=C)N=N1. The molecule has 0 bridgehead atoms. The fraction of sp³-hybridized carbons (Fsp3) is 0.214. The van der Waals surface area contributed by atoms with Gasteiger partial charge in [-0.2, -0.15) is 5.11 Å². The quantitative estimate of drug-likeness (QED) is 0.371. The number of thioether (sulfide) groups is 2. The number of ketones is 2. The first-order chi connectivity index (χ1) is 17.6. The molecule has 0 unspecified atom stereocenters. The maximum atomic E-state index is 13.1. The molecule has 5 rings (SSSR count). The Balaban J connectivity index is 1.32. The molecule has 2 aromatic carbocycles. The van der Waals surface area contributed by atoms with Crippen molar-refractivity contribution in [2.24, 2.45) is 32.0 Å². The summed E-state index contributed by atoms with van der Waals surface area (Å²) in [7, 11) is 0. The van der Waals surface area contributed by atoms with Crippen molar-refractivity contribution in [3.05, 3.63) is 96.1 Å². The van der Waals surface area contributed by atoms with Crippen LogP contribution in [0.2, 0.25) is 0 Å². The summed E-state index contributed by atoms with van der Waals surface area (Å²) in [5, 5.41) is 10.9. The molecule has 2 aromatic rings. The van der Waals surface area contributed by atoms with Crippen LogP contribution in [0.15, 0.2) is 105 Å². The summed E-state index contributed by atoms with van der Waals surface area (Å²) >= 11 is 2.85. The molecular formula is C28H24N4O2S2. The van der Waals surface area contributed by atoms with Crippen LogP contribution in [0.3, 0.4) is 0 Å². The summed E-state index contributed by atoms with van der Waals surface area (Å²) in [4.78, 5) is 35.7. The predicted octanol–water partition coefficient (Wildman–Crippen LogP) is 7.71. The van der Waals surface area contributed by atoms with E-state index < -0.39 is 0 Å². The number of carbonyl (C=O) groups excluding carboxylic acids is 2. The minimum Gasteiger partial charge on any atom is -0.293 e. The van der Waals surface area contributed by atoms with Gasteiger partial charge in [-0.15, -0.1) is 18.3 Å². The number of aliphatic imine (C=N–C) groups is 2. The normalized spacial score (nSPS) is 22.7. The second-order valence-electron chi connectivity index (χ2n) is 8.48. The highest BCUT2D eigenvalue weighted by atomic mass is 32.2. The number of para-hydroxylation sites is 2. The maximum absolute atomic E-state index is 13.1. The summed E-state index contributed by atoms with van der Waals surface area (Å²) in [6.45, 7) is 7.63. The number of hydrogen-bond acceptors (Lipinski definition) is 8. The van der Waals surface area contributed by atoms with Crippen LogP contribution < -0.4 is 0 Å². The first kappa shape index (κ1) is 24.3. The van der Waals surface area contributed by atoms with Crippen molar-refractivity contribution in [2.75, 3.05) is 0 Å². The molecule has 0 saturated carbocycles. The maximum Gasteiger partial charge on any atom is 0.174 e. The van der Waals surface area contributed by atoms with E-state index in [9.17, 15) is 9.59 Å². The molecular weight excluding hydrogens is 488 g/mol. The molecule has 0 radical (unpaired) electrons. The van der Waals surface area contributed by atoms with Crippen molar-refractivity contribution in [2.45, 2.75) is 24.6 Å². The molecule has 0 N–H and O–H groups in total. The van der Waals surface area contributed by atoms with Crippen LogP contribution in [0.4, 0.5) is 11.4 Å². The third-order valence-electron chi connectivity index (χ3n) is 6.08. The predicted molar refractivity (Wildman–Crippen MR) is 149 cm³/mol. The van der Waals surface area contributed by atoms with Crippen LogP contribution in [0.25, 0.3) is 0 Å². The van der Waals surface area contributed by atoms with E-state index in [1.165, 1.54) is 23.5 Å². The van der Waals surface area contributed by atoms with Gasteiger partial charge in [0.15, 0.2) is 11.6 Å². The zero-order valence-corrected chi connectivity index (χ0v) is 21.2. The number of hydrogen-bond donors (Lipinski definition) is 0. The Morgan fingerprint density at radius 1 is 0.833 bits per heavy atom.